The number of methoxy groups -OCH3 is 1. The second-order valence-electron chi connectivity index (χ2n) is 3.24. The highest BCUT2D eigenvalue weighted by atomic mass is 32.2. The second-order valence-corrected chi connectivity index (χ2v) is 4.46. The summed E-state index contributed by atoms with van der Waals surface area (Å²) in [5.41, 5.74) is 0. The molecule has 5 heteroatoms. The van der Waals surface area contributed by atoms with Gasteiger partial charge in [-0.05, 0) is 19.1 Å². The van der Waals surface area contributed by atoms with Gasteiger partial charge in [-0.3, -0.25) is 4.79 Å². The number of ether oxygens (including phenoxy) is 1. The van der Waals surface area contributed by atoms with E-state index in [0.717, 1.165) is 17.9 Å². The fourth-order valence-electron chi connectivity index (χ4n) is 1.40. The maximum Gasteiger partial charge on any atom is 0.396 e. The van der Waals surface area contributed by atoms with Gasteiger partial charge in [-0.15, -0.1) is 0 Å². The van der Waals surface area contributed by atoms with Crippen LogP contribution in [0.2, 0.25) is 0 Å². The van der Waals surface area contributed by atoms with E-state index in [2.05, 4.69) is 4.74 Å². The number of nitrogens with zero attached hydrogens (tertiary/aromatic N) is 1. The van der Waals surface area contributed by atoms with Gasteiger partial charge < -0.3 is 9.64 Å². The molecule has 0 spiro atoms. The number of carbonyl (C=O) groups is 2. The molecule has 1 heterocycles. The normalized spacial score (nSPS) is 22.7. The zero-order valence-corrected chi connectivity index (χ0v) is 9.30. The predicted octanol–water partition coefficient (Wildman–Crippen LogP) is 0.513. The van der Waals surface area contributed by atoms with Crippen molar-refractivity contribution in [3.8, 4) is 0 Å². The van der Waals surface area contributed by atoms with Gasteiger partial charge in [0.2, 0.25) is 0 Å². The van der Waals surface area contributed by atoms with Gasteiger partial charge in [-0.1, -0.05) is 0 Å². The summed E-state index contributed by atoms with van der Waals surface area (Å²) in [6.45, 7) is 2.60. The zero-order chi connectivity index (χ0) is 10.6. The quantitative estimate of drug-likeness (QED) is 0.438. The summed E-state index contributed by atoms with van der Waals surface area (Å²) in [5, 5.41) is 0. The molecule has 0 radical (unpaired) electrons. The summed E-state index contributed by atoms with van der Waals surface area (Å²) in [7, 11) is 1.23. The fourth-order valence-corrected chi connectivity index (χ4v) is 2.44. The molecule has 0 aromatic rings. The average Bonchev–Trinajstić information content (AvgIpc) is 2.40. The van der Waals surface area contributed by atoms with E-state index in [-0.39, 0.29) is 6.04 Å². The van der Waals surface area contributed by atoms with E-state index in [1.807, 2.05) is 18.7 Å². The van der Waals surface area contributed by atoms with Crippen LogP contribution in [0.3, 0.4) is 0 Å². The van der Waals surface area contributed by atoms with E-state index in [1.54, 1.807) is 4.90 Å². The molecule has 1 atom stereocenters. The molecule has 0 aromatic heterocycles. The molecule has 1 unspecified atom stereocenters. The Morgan fingerprint density at radius 2 is 2.14 bits per heavy atom. The highest BCUT2D eigenvalue weighted by Crippen LogP contribution is 2.16. The van der Waals surface area contributed by atoms with Crippen molar-refractivity contribution in [3.63, 3.8) is 0 Å². The number of hydrogen-bond acceptors (Lipinski definition) is 4. The van der Waals surface area contributed by atoms with Gasteiger partial charge in [0.15, 0.2) is 0 Å². The first kappa shape index (κ1) is 11.4. The predicted molar refractivity (Wildman–Crippen MR) is 55.1 cm³/mol. The maximum absolute atomic E-state index is 11.5. The molecule has 80 valence electrons. The SMILES string of the molecule is COC(=O)C(=O)N1CCSCCC1C. The van der Waals surface area contributed by atoms with E-state index in [0.29, 0.717) is 6.54 Å². The Morgan fingerprint density at radius 1 is 1.43 bits per heavy atom. The van der Waals surface area contributed by atoms with Crippen LogP contribution in [-0.2, 0) is 14.3 Å². The molecule has 1 amide bonds. The van der Waals surface area contributed by atoms with Crippen molar-refractivity contribution in [1.82, 2.24) is 4.90 Å². The molecular formula is C9H15NO3S. The molecule has 0 saturated carbocycles. The largest absolute Gasteiger partial charge is 0.462 e. The summed E-state index contributed by atoms with van der Waals surface area (Å²) >= 11 is 1.81. The van der Waals surface area contributed by atoms with E-state index in [4.69, 9.17) is 0 Å². The lowest BCUT2D eigenvalue weighted by Gasteiger charge is -2.25. The topological polar surface area (TPSA) is 46.6 Å². The van der Waals surface area contributed by atoms with Crippen LogP contribution in [-0.4, -0.2) is 48.0 Å². The third-order valence-electron chi connectivity index (χ3n) is 2.31. The lowest BCUT2D eigenvalue weighted by atomic mass is 10.2. The maximum atomic E-state index is 11.5. The van der Waals surface area contributed by atoms with Crippen LogP contribution >= 0.6 is 11.8 Å². The average molecular weight is 217 g/mol. The van der Waals surface area contributed by atoms with E-state index in [1.165, 1.54) is 7.11 Å². The molecule has 1 aliphatic heterocycles. The van der Waals surface area contributed by atoms with Crippen molar-refractivity contribution < 1.29 is 14.3 Å². The number of rotatable bonds is 0. The fraction of sp³-hybridized carbons (Fsp3) is 0.778. The Kier molecular flexibility index (Phi) is 4.25. The van der Waals surface area contributed by atoms with Gasteiger partial charge in [-0.25, -0.2) is 4.79 Å². The van der Waals surface area contributed by atoms with E-state index >= 15 is 0 Å². The van der Waals surface area contributed by atoms with Crippen molar-refractivity contribution in [3.05, 3.63) is 0 Å². The summed E-state index contributed by atoms with van der Waals surface area (Å²) in [6, 6.07) is 0.136. The van der Waals surface area contributed by atoms with Crippen molar-refractivity contribution in [2.45, 2.75) is 19.4 Å². The molecular weight excluding hydrogens is 202 g/mol. The van der Waals surface area contributed by atoms with Crippen LogP contribution in [0.5, 0.6) is 0 Å². The van der Waals surface area contributed by atoms with E-state index < -0.39 is 11.9 Å². The number of esters is 1. The van der Waals surface area contributed by atoms with Crippen LogP contribution in [0.15, 0.2) is 0 Å². The number of thioether (sulfide) groups is 1. The third kappa shape index (κ3) is 2.64. The van der Waals surface area contributed by atoms with Crippen LogP contribution in [0.25, 0.3) is 0 Å². The molecule has 0 N–H and O–H groups in total. The van der Waals surface area contributed by atoms with Crippen molar-refractivity contribution >= 4 is 23.6 Å². The highest BCUT2D eigenvalue weighted by Gasteiger charge is 2.27. The van der Waals surface area contributed by atoms with Gasteiger partial charge >= 0.3 is 11.9 Å². The molecule has 0 aromatic carbocycles. The lowest BCUT2D eigenvalue weighted by molar-refractivity contribution is -0.159. The van der Waals surface area contributed by atoms with Gasteiger partial charge in [0.25, 0.3) is 0 Å². The molecule has 14 heavy (non-hydrogen) atoms. The summed E-state index contributed by atoms with van der Waals surface area (Å²) < 4.78 is 4.42. The smallest absolute Gasteiger partial charge is 0.396 e. The Morgan fingerprint density at radius 3 is 2.79 bits per heavy atom. The number of hydrogen-bond donors (Lipinski definition) is 0. The minimum Gasteiger partial charge on any atom is -0.462 e. The Labute approximate surface area is 88.0 Å². The number of carbonyl (C=O) groups excluding carboxylic acids is 2. The van der Waals surface area contributed by atoms with Crippen LogP contribution in [0, 0.1) is 0 Å². The van der Waals surface area contributed by atoms with Crippen molar-refractivity contribution in [1.29, 1.82) is 0 Å². The molecule has 0 aliphatic carbocycles. The van der Waals surface area contributed by atoms with Gasteiger partial charge in [-0.2, -0.15) is 11.8 Å². The first-order valence-electron chi connectivity index (χ1n) is 4.63. The zero-order valence-electron chi connectivity index (χ0n) is 8.49. The highest BCUT2D eigenvalue weighted by molar-refractivity contribution is 7.99. The van der Waals surface area contributed by atoms with Gasteiger partial charge in [0.1, 0.15) is 0 Å². The minimum absolute atomic E-state index is 0.136. The summed E-state index contributed by atoms with van der Waals surface area (Å²) in [6.07, 6.45) is 0.938. The molecule has 1 fully saturated rings. The molecule has 4 nitrogen and oxygen atoms in total. The van der Waals surface area contributed by atoms with Crippen molar-refractivity contribution in [2.75, 3.05) is 25.2 Å². The van der Waals surface area contributed by atoms with Gasteiger partial charge in [0, 0.05) is 18.3 Å². The minimum atomic E-state index is -0.760. The summed E-state index contributed by atoms with van der Waals surface area (Å²) in [4.78, 5) is 24.2. The van der Waals surface area contributed by atoms with Crippen LogP contribution in [0.4, 0.5) is 0 Å². The molecule has 1 rings (SSSR count). The Bertz CT molecular complexity index is 232. The standard InChI is InChI=1S/C9H15NO3S/c1-7-3-5-14-6-4-10(7)8(11)9(12)13-2/h7H,3-6H2,1-2H3. The first-order chi connectivity index (χ1) is 6.66. The Hall–Kier alpha value is -0.710. The van der Waals surface area contributed by atoms with Crippen molar-refractivity contribution in [2.24, 2.45) is 0 Å². The van der Waals surface area contributed by atoms with Crippen LogP contribution < -0.4 is 0 Å². The lowest BCUT2D eigenvalue weighted by Crippen LogP contribution is -2.43. The molecule has 1 aliphatic rings. The molecule has 1 saturated heterocycles. The summed E-state index contributed by atoms with van der Waals surface area (Å²) in [5.74, 6) is 0.672. The second kappa shape index (κ2) is 5.24. The van der Waals surface area contributed by atoms with Crippen LogP contribution in [0.1, 0.15) is 13.3 Å². The molecule has 0 bridgehead atoms. The Balaban J connectivity index is 2.63. The van der Waals surface area contributed by atoms with Gasteiger partial charge in [0.05, 0.1) is 7.11 Å². The first-order valence-corrected chi connectivity index (χ1v) is 5.79. The number of amides is 1. The van der Waals surface area contributed by atoms with E-state index in [9.17, 15) is 9.59 Å². The monoisotopic (exact) mass is 217 g/mol. The third-order valence-corrected chi connectivity index (χ3v) is 3.31.